The molecule has 20 heavy (non-hydrogen) atoms. The van der Waals surface area contributed by atoms with E-state index in [1.807, 2.05) is 6.92 Å². The van der Waals surface area contributed by atoms with Gasteiger partial charge in [-0.05, 0) is 44.2 Å². The van der Waals surface area contributed by atoms with Crippen molar-refractivity contribution in [2.45, 2.75) is 43.3 Å². The molecule has 3 rings (SSSR count). The molecule has 0 amide bonds. The number of aryl methyl sites for hydroxylation is 1. The van der Waals surface area contributed by atoms with Gasteiger partial charge < -0.3 is 4.74 Å². The molecular weight excluding hydrogens is 276 g/mol. The summed E-state index contributed by atoms with van der Waals surface area (Å²) in [4.78, 5) is 0.236. The Labute approximate surface area is 120 Å². The fourth-order valence-electron chi connectivity index (χ4n) is 3.53. The smallest absolute Gasteiger partial charge is 0.297 e. The van der Waals surface area contributed by atoms with Crippen LogP contribution in [0.2, 0.25) is 0 Å². The third-order valence-electron chi connectivity index (χ3n) is 4.55. The van der Waals surface area contributed by atoms with E-state index in [4.69, 9.17) is 8.92 Å². The molecule has 2 aliphatic rings. The average Bonchev–Trinajstić information content (AvgIpc) is 2.97. The van der Waals surface area contributed by atoms with E-state index in [1.54, 1.807) is 31.4 Å². The number of hydrogen-bond donors (Lipinski definition) is 0. The first-order valence-electron chi connectivity index (χ1n) is 7.02. The van der Waals surface area contributed by atoms with Crippen LogP contribution in [0.5, 0.6) is 0 Å². The highest BCUT2D eigenvalue weighted by atomic mass is 32.2. The predicted octanol–water partition coefficient (Wildman–Crippen LogP) is 2.51. The van der Waals surface area contributed by atoms with Crippen LogP contribution in [0.1, 0.15) is 24.8 Å². The molecular formula is C15H20O4S. The molecule has 2 aliphatic carbocycles. The lowest BCUT2D eigenvalue weighted by Crippen LogP contribution is -2.33. The number of benzene rings is 1. The third-order valence-corrected chi connectivity index (χ3v) is 5.90. The summed E-state index contributed by atoms with van der Waals surface area (Å²) in [6.45, 7) is 1.93. The standard InChI is InChI=1S/C15H20O4S/c1-10-3-5-12(6-4-10)20(16,17)19-15-9-11-7-13(15)14(8-11)18-2/h3-6,11,13-15H,7-9H2,1-2H3/t11-,13-,14+,15-/m0/s1. The van der Waals surface area contributed by atoms with Gasteiger partial charge in [0.05, 0.1) is 17.1 Å². The number of methoxy groups -OCH3 is 1. The summed E-state index contributed by atoms with van der Waals surface area (Å²) < 4.78 is 35.5. The molecule has 0 heterocycles. The molecule has 1 aromatic carbocycles. The first-order chi connectivity index (χ1) is 9.49. The Morgan fingerprint density at radius 1 is 1.05 bits per heavy atom. The quantitative estimate of drug-likeness (QED) is 0.801. The summed E-state index contributed by atoms with van der Waals surface area (Å²) in [6, 6.07) is 6.78. The van der Waals surface area contributed by atoms with E-state index in [1.165, 1.54) is 0 Å². The van der Waals surface area contributed by atoms with Gasteiger partial charge in [-0.2, -0.15) is 8.42 Å². The minimum absolute atomic E-state index is 0.145. The molecule has 0 saturated heterocycles. The molecule has 110 valence electrons. The largest absolute Gasteiger partial charge is 0.381 e. The van der Waals surface area contributed by atoms with Gasteiger partial charge in [0.2, 0.25) is 0 Å². The Bertz CT molecular complexity index is 578. The van der Waals surface area contributed by atoms with Gasteiger partial charge in [0.15, 0.2) is 0 Å². The van der Waals surface area contributed by atoms with Crippen LogP contribution in [0.25, 0.3) is 0 Å². The molecule has 0 N–H and O–H groups in total. The molecule has 0 unspecified atom stereocenters. The predicted molar refractivity (Wildman–Crippen MR) is 74.9 cm³/mol. The molecule has 5 heteroatoms. The normalized spacial score (nSPS) is 32.7. The van der Waals surface area contributed by atoms with E-state index in [2.05, 4.69) is 0 Å². The van der Waals surface area contributed by atoms with Gasteiger partial charge in [0.25, 0.3) is 10.1 Å². The first-order valence-corrected chi connectivity index (χ1v) is 8.43. The van der Waals surface area contributed by atoms with Crippen molar-refractivity contribution in [1.82, 2.24) is 0 Å². The van der Waals surface area contributed by atoms with Gasteiger partial charge in [0.1, 0.15) is 0 Å². The second-order valence-electron chi connectivity index (χ2n) is 5.91. The molecule has 0 radical (unpaired) electrons. The highest BCUT2D eigenvalue weighted by molar-refractivity contribution is 7.86. The van der Waals surface area contributed by atoms with Gasteiger partial charge in [-0.25, -0.2) is 0 Å². The van der Waals surface area contributed by atoms with Gasteiger partial charge in [0, 0.05) is 13.0 Å². The molecule has 4 nitrogen and oxygen atoms in total. The molecule has 1 aromatic rings. The molecule has 0 aliphatic heterocycles. The molecule has 2 saturated carbocycles. The average molecular weight is 296 g/mol. The van der Waals surface area contributed by atoms with Crippen molar-refractivity contribution in [1.29, 1.82) is 0 Å². The maximum Gasteiger partial charge on any atom is 0.297 e. The van der Waals surface area contributed by atoms with Gasteiger partial charge >= 0.3 is 0 Å². The Morgan fingerprint density at radius 2 is 1.70 bits per heavy atom. The fraction of sp³-hybridized carbons (Fsp3) is 0.600. The molecule has 0 aromatic heterocycles. The van der Waals surface area contributed by atoms with Crippen LogP contribution >= 0.6 is 0 Å². The van der Waals surface area contributed by atoms with Gasteiger partial charge in [-0.15, -0.1) is 0 Å². The Kier molecular flexibility index (Phi) is 3.60. The summed E-state index contributed by atoms with van der Waals surface area (Å²) >= 11 is 0. The van der Waals surface area contributed by atoms with Gasteiger partial charge in [-0.1, -0.05) is 17.7 Å². The van der Waals surface area contributed by atoms with Crippen LogP contribution < -0.4 is 0 Å². The topological polar surface area (TPSA) is 52.6 Å². The Balaban J connectivity index is 1.76. The van der Waals surface area contributed by atoms with Crippen molar-refractivity contribution in [3.8, 4) is 0 Å². The van der Waals surface area contributed by atoms with Crippen molar-refractivity contribution < 1.29 is 17.3 Å². The van der Waals surface area contributed by atoms with Crippen molar-refractivity contribution in [3.05, 3.63) is 29.8 Å². The highest BCUT2D eigenvalue weighted by Gasteiger charge is 2.48. The number of rotatable bonds is 4. The lowest BCUT2D eigenvalue weighted by molar-refractivity contribution is 0.00513. The minimum atomic E-state index is -3.67. The van der Waals surface area contributed by atoms with Crippen LogP contribution in [0, 0.1) is 18.8 Å². The van der Waals surface area contributed by atoms with Crippen LogP contribution in [-0.2, 0) is 19.0 Å². The summed E-state index contributed by atoms with van der Waals surface area (Å²) in [6.07, 6.45) is 2.80. The highest BCUT2D eigenvalue weighted by Crippen LogP contribution is 2.48. The Morgan fingerprint density at radius 3 is 2.30 bits per heavy atom. The van der Waals surface area contributed by atoms with E-state index in [-0.39, 0.29) is 23.0 Å². The Hall–Kier alpha value is -0.910. The maximum absolute atomic E-state index is 12.3. The van der Waals surface area contributed by atoms with Crippen LogP contribution in [0.3, 0.4) is 0 Å². The fourth-order valence-corrected chi connectivity index (χ4v) is 4.66. The zero-order valence-electron chi connectivity index (χ0n) is 11.8. The second-order valence-corrected chi connectivity index (χ2v) is 7.49. The molecule has 0 spiro atoms. The molecule has 2 fully saturated rings. The van der Waals surface area contributed by atoms with Crippen molar-refractivity contribution in [3.63, 3.8) is 0 Å². The van der Waals surface area contributed by atoms with Crippen LogP contribution in [-0.4, -0.2) is 27.7 Å². The SMILES string of the molecule is CO[C@@H]1C[C@@H]2C[C@@H]1[C@@H](OS(=O)(=O)c1ccc(C)cc1)C2. The summed E-state index contributed by atoms with van der Waals surface area (Å²) in [5.74, 6) is 0.758. The van der Waals surface area contributed by atoms with Crippen molar-refractivity contribution in [2.24, 2.45) is 11.8 Å². The van der Waals surface area contributed by atoms with E-state index in [0.29, 0.717) is 5.92 Å². The summed E-state index contributed by atoms with van der Waals surface area (Å²) in [7, 11) is -1.98. The summed E-state index contributed by atoms with van der Waals surface area (Å²) in [5.41, 5.74) is 1.03. The van der Waals surface area contributed by atoms with E-state index < -0.39 is 10.1 Å². The van der Waals surface area contributed by atoms with Crippen molar-refractivity contribution in [2.75, 3.05) is 7.11 Å². The number of hydrogen-bond acceptors (Lipinski definition) is 4. The minimum Gasteiger partial charge on any atom is -0.381 e. The zero-order chi connectivity index (χ0) is 14.3. The number of fused-ring (bicyclic) bond motifs is 2. The maximum atomic E-state index is 12.3. The zero-order valence-corrected chi connectivity index (χ0v) is 12.6. The lowest BCUT2D eigenvalue weighted by Gasteiger charge is -2.27. The van der Waals surface area contributed by atoms with Crippen LogP contribution in [0.15, 0.2) is 29.2 Å². The second kappa shape index (κ2) is 5.13. The molecule has 4 atom stereocenters. The van der Waals surface area contributed by atoms with E-state index in [0.717, 1.165) is 24.8 Å². The van der Waals surface area contributed by atoms with Crippen molar-refractivity contribution >= 4 is 10.1 Å². The third kappa shape index (κ3) is 2.50. The monoisotopic (exact) mass is 296 g/mol. The number of ether oxygens (including phenoxy) is 1. The molecule has 2 bridgehead atoms. The lowest BCUT2D eigenvalue weighted by atomic mass is 9.95. The van der Waals surface area contributed by atoms with E-state index >= 15 is 0 Å². The van der Waals surface area contributed by atoms with E-state index in [9.17, 15) is 8.42 Å². The first kappa shape index (κ1) is 14.0. The van der Waals surface area contributed by atoms with Gasteiger partial charge in [-0.3, -0.25) is 4.18 Å². The summed E-state index contributed by atoms with van der Waals surface area (Å²) in [5, 5.41) is 0. The van der Waals surface area contributed by atoms with Crippen LogP contribution in [0.4, 0.5) is 0 Å².